The molecule has 0 fully saturated rings. The number of ether oxygens (including phenoxy) is 1. The van der Waals surface area contributed by atoms with Crippen LogP contribution in [-0.2, 0) is 6.67 Å². The summed E-state index contributed by atoms with van der Waals surface area (Å²) in [6, 6.07) is 0. The summed E-state index contributed by atoms with van der Waals surface area (Å²) in [6.07, 6.45) is -3.85. The first-order valence-corrected chi connectivity index (χ1v) is 4.88. The Morgan fingerprint density at radius 2 is 2.07 bits per heavy atom. The van der Waals surface area contributed by atoms with Crippen LogP contribution < -0.4 is 4.74 Å². The van der Waals surface area contributed by atoms with Gasteiger partial charge in [-0.2, -0.15) is 0 Å². The Hall–Kier alpha value is -0.600. The first-order valence-electron chi connectivity index (χ1n) is 3.81. The van der Waals surface area contributed by atoms with Gasteiger partial charge >= 0.3 is 6.36 Å². The second kappa shape index (κ2) is 4.50. The molecule has 0 atom stereocenters. The third-order valence-electron chi connectivity index (χ3n) is 1.65. The Kier molecular flexibility index (Phi) is 3.74. The minimum absolute atomic E-state index is 0.0972. The van der Waals surface area contributed by atoms with Gasteiger partial charge in [0, 0.05) is 11.3 Å². The highest BCUT2D eigenvalue weighted by molar-refractivity contribution is 14.1. The molecule has 0 aliphatic rings. The molecule has 0 saturated carbocycles. The molecule has 0 aliphatic heterocycles. The van der Waals surface area contributed by atoms with Crippen LogP contribution in [0.25, 0.3) is 0 Å². The van der Waals surface area contributed by atoms with Gasteiger partial charge in [-0.15, -0.1) is 13.2 Å². The van der Waals surface area contributed by atoms with Crippen molar-refractivity contribution in [3.8, 4) is 5.75 Å². The lowest BCUT2D eigenvalue weighted by atomic mass is 10.2. The third-order valence-corrected chi connectivity index (χ3v) is 2.84. The van der Waals surface area contributed by atoms with Gasteiger partial charge < -0.3 is 4.74 Å². The molecule has 0 unspecified atom stereocenters. The van der Waals surface area contributed by atoms with Crippen LogP contribution in [0, 0.1) is 10.5 Å². The average molecular weight is 335 g/mol. The van der Waals surface area contributed by atoms with E-state index in [0.717, 1.165) is 6.20 Å². The Labute approximate surface area is 96.8 Å². The molecule has 7 heteroatoms. The van der Waals surface area contributed by atoms with E-state index < -0.39 is 18.8 Å². The van der Waals surface area contributed by atoms with Crippen molar-refractivity contribution >= 4 is 22.6 Å². The Morgan fingerprint density at radius 1 is 1.47 bits per heavy atom. The van der Waals surface area contributed by atoms with E-state index in [1.807, 2.05) is 0 Å². The molecule has 84 valence electrons. The molecule has 1 rings (SSSR count). The lowest BCUT2D eigenvalue weighted by molar-refractivity contribution is -0.275. The maximum Gasteiger partial charge on any atom is 0.573 e. The van der Waals surface area contributed by atoms with Crippen molar-refractivity contribution in [2.75, 3.05) is 0 Å². The molecule has 0 aliphatic carbocycles. The molecule has 1 aromatic rings. The number of hydrogen-bond donors (Lipinski definition) is 0. The summed E-state index contributed by atoms with van der Waals surface area (Å²) < 4.78 is 52.0. The smallest absolute Gasteiger partial charge is 0.403 e. The van der Waals surface area contributed by atoms with Crippen molar-refractivity contribution < 1.29 is 22.3 Å². The molecule has 2 nitrogen and oxygen atoms in total. The van der Waals surface area contributed by atoms with E-state index in [9.17, 15) is 17.6 Å². The predicted molar refractivity (Wildman–Crippen MR) is 53.2 cm³/mol. The molecule has 0 aromatic carbocycles. The normalized spacial score (nSPS) is 11.6. The summed E-state index contributed by atoms with van der Waals surface area (Å²) in [4.78, 5) is 3.63. The van der Waals surface area contributed by atoms with Crippen LogP contribution in [0.15, 0.2) is 6.20 Å². The number of rotatable bonds is 2. The molecule has 0 bridgehead atoms. The van der Waals surface area contributed by atoms with Gasteiger partial charge in [0.2, 0.25) is 0 Å². The minimum Gasteiger partial charge on any atom is -0.403 e. The lowest BCUT2D eigenvalue weighted by Gasteiger charge is -2.12. The van der Waals surface area contributed by atoms with Gasteiger partial charge in [0.05, 0.1) is 9.77 Å². The number of halogens is 5. The van der Waals surface area contributed by atoms with Gasteiger partial charge in [-0.25, -0.2) is 4.39 Å². The maximum atomic E-state index is 12.5. The Morgan fingerprint density at radius 3 is 2.53 bits per heavy atom. The summed E-state index contributed by atoms with van der Waals surface area (Å²) in [5.74, 6) is -0.471. The SMILES string of the molecule is Cc1ncc(OC(F)(F)F)c(I)c1CF. The zero-order chi connectivity index (χ0) is 11.6. The maximum absolute atomic E-state index is 12.5. The van der Waals surface area contributed by atoms with Crippen molar-refractivity contribution in [2.24, 2.45) is 0 Å². The topological polar surface area (TPSA) is 22.1 Å². The van der Waals surface area contributed by atoms with Crippen LogP contribution in [0.5, 0.6) is 5.75 Å². The molecular formula is C8H6F4INO. The third kappa shape index (κ3) is 3.18. The average Bonchev–Trinajstić information content (AvgIpc) is 2.09. The zero-order valence-corrected chi connectivity index (χ0v) is 9.69. The number of aromatic nitrogens is 1. The highest BCUT2D eigenvalue weighted by atomic mass is 127. The molecule has 0 amide bonds. The van der Waals surface area contributed by atoms with Gasteiger partial charge in [-0.05, 0) is 29.5 Å². The van der Waals surface area contributed by atoms with Crippen molar-refractivity contribution in [3.05, 3.63) is 21.0 Å². The first kappa shape index (κ1) is 12.5. The van der Waals surface area contributed by atoms with Crippen LogP contribution >= 0.6 is 22.6 Å². The number of aryl methyl sites for hydroxylation is 1. The Balaban J connectivity index is 3.11. The van der Waals surface area contributed by atoms with E-state index in [1.54, 1.807) is 22.6 Å². The zero-order valence-electron chi connectivity index (χ0n) is 7.53. The van der Waals surface area contributed by atoms with Crippen molar-refractivity contribution in [1.82, 2.24) is 4.98 Å². The number of hydrogen-bond acceptors (Lipinski definition) is 2. The van der Waals surface area contributed by atoms with Crippen LogP contribution in [0.2, 0.25) is 0 Å². The number of alkyl halides is 4. The first-order chi connectivity index (χ1) is 6.85. The van der Waals surface area contributed by atoms with Crippen LogP contribution in [0.4, 0.5) is 17.6 Å². The fourth-order valence-electron chi connectivity index (χ4n) is 0.949. The summed E-state index contributed by atoms with van der Waals surface area (Å²) in [5.41, 5.74) is 0.480. The van der Waals surface area contributed by atoms with Gasteiger partial charge in [0.1, 0.15) is 6.67 Å². The molecular weight excluding hydrogens is 329 g/mol. The van der Waals surface area contributed by atoms with Gasteiger partial charge in [-0.3, -0.25) is 4.98 Å². The van der Waals surface area contributed by atoms with E-state index in [4.69, 9.17) is 0 Å². The molecule has 1 heterocycles. The summed E-state index contributed by atoms with van der Waals surface area (Å²) in [6.45, 7) is 0.653. The fourth-order valence-corrected chi connectivity index (χ4v) is 1.73. The van der Waals surface area contributed by atoms with Crippen molar-refractivity contribution in [2.45, 2.75) is 20.0 Å². The standard InChI is InChI=1S/C8H6F4INO/c1-4-5(2-9)7(13)6(3-14-4)15-8(10,11)12/h3H,2H2,1H3. The van der Waals surface area contributed by atoms with Crippen molar-refractivity contribution in [1.29, 1.82) is 0 Å². The Bertz CT molecular complexity index is 366. The second-order valence-electron chi connectivity index (χ2n) is 2.68. The van der Waals surface area contributed by atoms with E-state index in [1.165, 1.54) is 6.92 Å². The molecule has 0 saturated heterocycles. The van der Waals surface area contributed by atoms with Gasteiger partial charge in [0.25, 0.3) is 0 Å². The predicted octanol–water partition coefficient (Wildman–Crippen LogP) is 3.36. The minimum atomic E-state index is -4.79. The molecule has 0 radical (unpaired) electrons. The monoisotopic (exact) mass is 335 g/mol. The highest BCUT2D eigenvalue weighted by Crippen LogP contribution is 2.30. The number of nitrogens with zero attached hydrogens (tertiary/aromatic N) is 1. The largest absolute Gasteiger partial charge is 0.573 e. The van der Waals surface area contributed by atoms with E-state index in [2.05, 4.69) is 9.72 Å². The highest BCUT2D eigenvalue weighted by Gasteiger charge is 2.32. The summed E-state index contributed by atoms with van der Waals surface area (Å²) in [5, 5.41) is 0. The molecule has 0 N–H and O–H groups in total. The summed E-state index contributed by atoms with van der Waals surface area (Å²) >= 11 is 1.60. The second-order valence-corrected chi connectivity index (χ2v) is 3.76. The van der Waals surface area contributed by atoms with Crippen molar-refractivity contribution in [3.63, 3.8) is 0 Å². The molecule has 1 aromatic heterocycles. The van der Waals surface area contributed by atoms with Gasteiger partial charge in [-0.1, -0.05) is 0 Å². The van der Waals surface area contributed by atoms with Crippen LogP contribution in [-0.4, -0.2) is 11.3 Å². The van der Waals surface area contributed by atoms with E-state index in [-0.39, 0.29) is 9.13 Å². The quantitative estimate of drug-likeness (QED) is 0.611. The van der Waals surface area contributed by atoms with Crippen LogP contribution in [0.3, 0.4) is 0 Å². The van der Waals surface area contributed by atoms with Crippen LogP contribution in [0.1, 0.15) is 11.3 Å². The van der Waals surface area contributed by atoms with E-state index >= 15 is 0 Å². The number of pyridine rings is 1. The summed E-state index contributed by atoms with van der Waals surface area (Å²) in [7, 11) is 0. The molecule has 15 heavy (non-hydrogen) atoms. The molecule has 0 spiro atoms. The van der Waals surface area contributed by atoms with E-state index in [0.29, 0.717) is 5.69 Å². The fraction of sp³-hybridized carbons (Fsp3) is 0.375. The van der Waals surface area contributed by atoms with Gasteiger partial charge in [0.15, 0.2) is 5.75 Å². The lowest BCUT2D eigenvalue weighted by Crippen LogP contribution is -2.18.